The Morgan fingerprint density at radius 1 is 0.448 bits per heavy atom. The monoisotopic (exact) mass is 754 g/mol. The van der Waals surface area contributed by atoms with E-state index in [-0.39, 0.29) is 0 Å². The predicted octanol–water partition coefficient (Wildman–Crippen LogP) is 0.0458. The summed E-state index contributed by atoms with van der Waals surface area (Å²) in [6, 6.07) is 40.3. The molecule has 0 N–H and O–H groups in total. The fourth-order valence-electron chi connectivity index (χ4n) is 9.41. The first-order valence-electron chi connectivity index (χ1n) is 19.9. The summed E-state index contributed by atoms with van der Waals surface area (Å²) in [5, 5.41) is 7.58. The molecule has 0 unspecified atom stereocenters. The second-order valence-corrected chi connectivity index (χ2v) is 17.0. The Kier molecular flexibility index (Phi) is 7.80. The van der Waals surface area contributed by atoms with Gasteiger partial charge in [0.1, 0.15) is 66.1 Å². The van der Waals surface area contributed by atoms with Crippen LogP contribution in [-0.2, 0) is 0 Å². The molecule has 4 heterocycles. The maximum absolute atomic E-state index is 6.30. The molecule has 0 atom stereocenters. The first kappa shape index (κ1) is 35.0. The highest BCUT2D eigenvalue weighted by molar-refractivity contribution is 7.28. The van der Waals surface area contributed by atoms with E-state index in [1.54, 1.807) is 0 Å². The number of hydrogen-bond acceptors (Lipinski definition) is 5. The Bertz CT molecular complexity index is 3560. The number of aromatic nitrogens is 4. The first-order valence-corrected chi connectivity index (χ1v) is 20.7. The van der Waals surface area contributed by atoms with Crippen LogP contribution in [0.25, 0.3) is 104 Å². The van der Waals surface area contributed by atoms with Crippen molar-refractivity contribution in [3.63, 3.8) is 0 Å². The van der Waals surface area contributed by atoms with E-state index in [4.69, 9.17) is 19.4 Å². The first-order chi connectivity index (χ1) is 28.1. The maximum atomic E-state index is 6.30. The Hall–Kier alpha value is -6.18. The largest absolute Gasteiger partial charge is 0.456 e. The third kappa shape index (κ3) is 5.15. The number of fused-ring (bicyclic) bond motifs is 9. The number of nitrogens with zero attached hydrogens (tertiary/aromatic N) is 4. The molecular weight excluding hydrogens is 720 g/mol. The molecule has 7 aromatic carbocycles. The second kappa shape index (κ2) is 12.9. The van der Waals surface area contributed by atoms with E-state index in [9.17, 15) is 0 Å². The molecule has 266 valence electrons. The average molecular weight is 754 g/mol. The summed E-state index contributed by atoms with van der Waals surface area (Å²) < 4.78 is 11.5. The van der Waals surface area contributed by atoms with Crippen LogP contribution in [0.1, 0.15) is 0 Å². The zero-order valence-electron chi connectivity index (χ0n) is 33.6. The maximum Gasteiger partial charge on any atom is 0.164 e. The van der Waals surface area contributed by atoms with Crippen LogP contribution in [0.5, 0.6) is 0 Å². The zero-order chi connectivity index (χ0) is 39.6. The van der Waals surface area contributed by atoms with Crippen LogP contribution in [0.15, 0.2) is 120 Å². The van der Waals surface area contributed by atoms with Crippen molar-refractivity contribution in [2.45, 2.75) is 0 Å². The van der Waals surface area contributed by atoms with Gasteiger partial charge in [-0.05, 0) is 52.0 Å². The smallest absolute Gasteiger partial charge is 0.164 e. The Morgan fingerprint density at radius 2 is 1.12 bits per heavy atom. The Labute approximate surface area is 345 Å². The van der Waals surface area contributed by atoms with Crippen LogP contribution in [0.3, 0.4) is 0 Å². The highest BCUT2D eigenvalue weighted by Gasteiger charge is 2.25. The van der Waals surface area contributed by atoms with Crippen LogP contribution in [0.4, 0.5) is 0 Å². The van der Waals surface area contributed by atoms with Gasteiger partial charge in [-0.3, -0.25) is 0 Å². The van der Waals surface area contributed by atoms with Gasteiger partial charge in [0, 0.05) is 59.0 Å². The van der Waals surface area contributed by atoms with E-state index in [1.807, 2.05) is 53.8 Å². The van der Waals surface area contributed by atoms with E-state index in [2.05, 4.69) is 132 Å². The third-order valence-electron chi connectivity index (χ3n) is 12.2. The molecule has 58 heavy (non-hydrogen) atoms. The molecule has 0 radical (unpaired) electrons. The van der Waals surface area contributed by atoms with Gasteiger partial charge in [-0.2, -0.15) is 0 Å². The highest BCUT2D eigenvalue weighted by atomic mass is 32.1. The van der Waals surface area contributed by atoms with Gasteiger partial charge < -0.3 is 8.98 Å². The van der Waals surface area contributed by atoms with Crippen molar-refractivity contribution >= 4 is 168 Å². The van der Waals surface area contributed by atoms with Gasteiger partial charge in [-0.1, -0.05) is 118 Å². The molecule has 0 aliphatic heterocycles. The van der Waals surface area contributed by atoms with Crippen molar-refractivity contribution in [3.8, 4) is 39.9 Å². The molecule has 11 aromatic rings. The van der Waals surface area contributed by atoms with Gasteiger partial charge in [0.05, 0.1) is 0 Å². The third-order valence-corrected chi connectivity index (χ3v) is 13.6. The van der Waals surface area contributed by atoms with Gasteiger partial charge in [0.25, 0.3) is 0 Å². The summed E-state index contributed by atoms with van der Waals surface area (Å²) >= 11 is 1.93. The van der Waals surface area contributed by atoms with Crippen molar-refractivity contribution in [2.75, 3.05) is 0 Å². The van der Waals surface area contributed by atoms with Crippen LogP contribution in [-0.4, -0.2) is 74.4 Å². The van der Waals surface area contributed by atoms with E-state index >= 15 is 0 Å². The lowest BCUT2D eigenvalue weighted by Crippen LogP contribution is -2.31. The van der Waals surface area contributed by atoms with E-state index in [1.165, 1.54) is 80.2 Å². The van der Waals surface area contributed by atoms with Gasteiger partial charge in [-0.25, -0.2) is 15.0 Å². The molecule has 0 amide bonds. The van der Waals surface area contributed by atoms with Gasteiger partial charge in [0.2, 0.25) is 0 Å². The lowest BCUT2D eigenvalue weighted by Gasteiger charge is -2.15. The van der Waals surface area contributed by atoms with Crippen LogP contribution < -0.4 is 38.2 Å². The van der Waals surface area contributed by atoms with E-state index < -0.39 is 0 Å². The molecule has 0 fully saturated rings. The summed E-state index contributed by atoms with van der Waals surface area (Å²) in [7, 11) is 15.9. The molecule has 0 aliphatic rings. The minimum Gasteiger partial charge on any atom is -0.456 e. The van der Waals surface area contributed by atoms with Crippen LogP contribution in [0, 0.1) is 0 Å². The lowest BCUT2D eigenvalue weighted by molar-refractivity contribution is 0.669. The standard InChI is InChI=1S/C45H33B7N4OS/c46-23-17-27-33-37(51)35-34-36(50)28(47)19-29(48)39(34)56(40(35)38(52)42(33)58-41(27)30(49)18-23)24-10-6-9-21(15-24)44-53-43(20-7-2-1-3-8-20)54-45(55-44)22-13-14-26-25-11-4-5-12-31(25)57-32(26)16-22/h1-19H,46-52H2. The van der Waals surface area contributed by atoms with Gasteiger partial charge in [0.15, 0.2) is 17.5 Å². The molecule has 0 saturated heterocycles. The molecule has 13 heteroatoms. The number of hydrogen-bond donors (Lipinski definition) is 0. The number of para-hydroxylation sites is 1. The summed E-state index contributed by atoms with van der Waals surface area (Å²) in [4.78, 5) is 15.4. The molecule has 4 aromatic heterocycles. The molecule has 11 rings (SSSR count). The number of furan rings is 1. The average Bonchev–Trinajstić information content (AvgIpc) is 3.93. The summed E-state index contributed by atoms with van der Waals surface area (Å²) in [6.45, 7) is 0. The van der Waals surface area contributed by atoms with Crippen LogP contribution >= 0.6 is 11.3 Å². The summed E-state index contributed by atoms with van der Waals surface area (Å²) in [5.41, 5.74) is 17.2. The van der Waals surface area contributed by atoms with Crippen molar-refractivity contribution < 1.29 is 4.42 Å². The summed E-state index contributed by atoms with van der Waals surface area (Å²) in [6.07, 6.45) is 0. The fourth-order valence-corrected chi connectivity index (χ4v) is 10.7. The minimum absolute atomic E-state index is 0.597. The van der Waals surface area contributed by atoms with Gasteiger partial charge in [-0.15, -0.1) is 11.3 Å². The SMILES string of the molecule is Bc1cc(B)c2sc3c(B)c4c(c(B)c3c2c1)c1c(B)c(B)cc(B)c1n4-c1cccc(-c2nc(-c3ccccc3)nc(-c3ccc4c(c3)oc3ccccc34)n2)c1. The second-order valence-electron chi connectivity index (χ2n) is 16.0. The number of thiophene rings is 1. The zero-order valence-corrected chi connectivity index (χ0v) is 34.4. The van der Waals surface area contributed by atoms with Crippen LogP contribution in [0.2, 0.25) is 0 Å². The van der Waals surface area contributed by atoms with Crippen molar-refractivity contribution in [3.05, 3.63) is 115 Å². The Balaban J connectivity index is 1.17. The molecule has 0 saturated carbocycles. The van der Waals surface area contributed by atoms with Gasteiger partial charge >= 0.3 is 0 Å². The molecule has 5 nitrogen and oxygen atoms in total. The normalized spacial score (nSPS) is 11.9. The van der Waals surface area contributed by atoms with Crippen molar-refractivity contribution in [1.29, 1.82) is 0 Å². The molecular formula is C45H33B7N4OS. The van der Waals surface area contributed by atoms with E-state index in [0.29, 0.717) is 17.5 Å². The number of rotatable bonds is 4. The van der Waals surface area contributed by atoms with Crippen molar-refractivity contribution in [2.24, 2.45) is 0 Å². The fraction of sp³-hybridized carbons (Fsp3) is 0. The highest BCUT2D eigenvalue weighted by Crippen LogP contribution is 2.37. The predicted molar refractivity (Wildman–Crippen MR) is 268 cm³/mol. The topological polar surface area (TPSA) is 56.7 Å². The summed E-state index contributed by atoms with van der Waals surface area (Å²) in [5.74, 6) is 1.84. The quantitative estimate of drug-likeness (QED) is 0.239. The molecule has 0 aliphatic carbocycles. The molecule has 0 spiro atoms. The van der Waals surface area contributed by atoms with Crippen molar-refractivity contribution in [1.82, 2.24) is 19.5 Å². The van der Waals surface area contributed by atoms with E-state index in [0.717, 1.165) is 44.3 Å². The number of benzene rings is 7. The lowest BCUT2D eigenvalue weighted by atomic mass is 9.72. The molecule has 0 bridgehead atoms. The Morgan fingerprint density at radius 3 is 1.91 bits per heavy atom. The minimum atomic E-state index is 0.597.